The van der Waals surface area contributed by atoms with Crippen molar-refractivity contribution in [1.82, 2.24) is 4.98 Å². The first kappa shape index (κ1) is 22.7. The molecule has 0 fully saturated rings. The summed E-state index contributed by atoms with van der Waals surface area (Å²) in [5, 5.41) is 6.18. The van der Waals surface area contributed by atoms with Crippen LogP contribution in [0.4, 0.5) is 0 Å². The number of hydrogen-bond donors (Lipinski definition) is 0. The summed E-state index contributed by atoms with van der Waals surface area (Å²) in [7, 11) is -1.88. The Hall–Kier alpha value is -2.51. The Labute approximate surface area is 203 Å². The van der Waals surface area contributed by atoms with Crippen molar-refractivity contribution in [2.75, 3.05) is 6.66 Å². The Morgan fingerprint density at radius 2 is 1.06 bits per heavy atom. The molecule has 4 heteroatoms. The van der Waals surface area contributed by atoms with Crippen LogP contribution >= 0.6 is 34.8 Å². The predicted molar refractivity (Wildman–Crippen MR) is 147 cm³/mol. The molecule has 5 aromatic rings. The summed E-state index contributed by atoms with van der Waals surface area (Å²) in [5.41, 5.74) is 0.914. The number of benzene rings is 4. The molecule has 0 aliphatic carbocycles. The molecule has 0 amide bonds. The maximum Gasteiger partial charge on any atom is 0.106 e. The van der Waals surface area contributed by atoms with Crippen molar-refractivity contribution in [2.45, 2.75) is 0 Å². The minimum atomic E-state index is -1.88. The summed E-state index contributed by atoms with van der Waals surface area (Å²) < 4.78 is 0.831. The molecule has 0 aliphatic rings. The van der Waals surface area contributed by atoms with Gasteiger partial charge in [0, 0.05) is 10.4 Å². The number of rotatable bonds is 3. The van der Waals surface area contributed by atoms with E-state index in [1.54, 1.807) is 0 Å². The van der Waals surface area contributed by atoms with Crippen LogP contribution in [0.5, 0.6) is 0 Å². The Morgan fingerprint density at radius 1 is 0.625 bits per heavy atom. The molecule has 0 saturated heterocycles. The predicted octanol–water partition coefficient (Wildman–Crippen LogP) is 6.99. The molecule has 1 heterocycles. The van der Waals surface area contributed by atoms with Crippen LogP contribution in [0.25, 0.3) is 10.9 Å². The van der Waals surface area contributed by atoms with Crippen LogP contribution in [0.3, 0.4) is 0 Å². The largest absolute Gasteiger partial charge is 0.241 e. The second kappa shape index (κ2) is 10.4. The number of halogens is 2. The third-order valence-electron chi connectivity index (χ3n) is 5.67. The molecule has 5 rings (SSSR count). The van der Waals surface area contributed by atoms with Gasteiger partial charge in [-0.05, 0) is 34.1 Å². The molecule has 4 aromatic carbocycles. The number of pyridine rings is 1. The van der Waals surface area contributed by atoms with E-state index in [1.165, 1.54) is 15.9 Å². The van der Waals surface area contributed by atoms with Gasteiger partial charge < -0.3 is 0 Å². The number of nitrogens with zero attached hydrogens (tertiary/aromatic N) is 1. The van der Waals surface area contributed by atoms with Gasteiger partial charge in [0.15, 0.2) is 0 Å². The molecular weight excluding hydrogens is 497 g/mol. The Balaban J connectivity index is 0.000000174. The van der Waals surface area contributed by atoms with Crippen LogP contribution in [-0.2, 0) is 0 Å². The van der Waals surface area contributed by atoms with Gasteiger partial charge in [0.2, 0.25) is 0 Å². The van der Waals surface area contributed by atoms with E-state index in [0.717, 1.165) is 15.5 Å². The molecule has 0 spiro atoms. The molecule has 0 radical (unpaired) electrons. The molecule has 0 unspecified atom stereocenters. The summed E-state index contributed by atoms with van der Waals surface area (Å²) in [6.07, 6.45) is 0. The van der Waals surface area contributed by atoms with E-state index in [9.17, 15) is 0 Å². The van der Waals surface area contributed by atoms with E-state index >= 15 is 0 Å². The van der Waals surface area contributed by atoms with Gasteiger partial charge in [-0.3, -0.25) is 0 Å². The zero-order valence-electron chi connectivity index (χ0n) is 17.8. The van der Waals surface area contributed by atoms with Gasteiger partial charge in [-0.2, -0.15) is 0 Å². The smallest absolute Gasteiger partial charge is 0.106 e. The van der Waals surface area contributed by atoms with Crippen molar-refractivity contribution in [3.8, 4) is 0 Å². The summed E-state index contributed by atoms with van der Waals surface area (Å²) in [4.78, 5) is 4.27. The SMILES string of the molecule is C[PH](c1ccccc1)(c1ccccc1)c1ccccc1.Clc1ccc2ccc(Br)nc2c1. The molecule has 1 aromatic heterocycles. The Kier molecular flexibility index (Phi) is 7.37. The summed E-state index contributed by atoms with van der Waals surface area (Å²) in [5.74, 6) is 0. The fourth-order valence-corrected chi connectivity index (χ4v) is 7.95. The normalized spacial score (nSPS) is 11.5. The second-order valence-electron chi connectivity index (χ2n) is 7.69. The third kappa shape index (κ3) is 5.10. The van der Waals surface area contributed by atoms with E-state index in [0.29, 0.717) is 5.02 Å². The van der Waals surface area contributed by atoms with E-state index in [4.69, 9.17) is 11.6 Å². The van der Waals surface area contributed by atoms with Crippen molar-refractivity contribution in [1.29, 1.82) is 0 Å². The van der Waals surface area contributed by atoms with Gasteiger partial charge in [-0.1, -0.05) is 23.7 Å². The van der Waals surface area contributed by atoms with Gasteiger partial charge in [0.1, 0.15) is 4.60 Å². The summed E-state index contributed by atoms with van der Waals surface area (Å²) >= 11 is 9.12. The maximum atomic E-state index is 5.82. The van der Waals surface area contributed by atoms with Crippen LogP contribution in [0.15, 0.2) is 126 Å². The van der Waals surface area contributed by atoms with Crippen LogP contribution in [0.2, 0.25) is 5.02 Å². The molecule has 0 aliphatic heterocycles. The maximum absolute atomic E-state index is 5.82. The topological polar surface area (TPSA) is 12.9 Å². The minimum absolute atomic E-state index is 0.716. The number of hydrogen-bond acceptors (Lipinski definition) is 1. The molecular formula is C28H24BrClNP. The van der Waals surface area contributed by atoms with Crippen molar-refractivity contribution in [3.63, 3.8) is 0 Å². The molecule has 0 saturated carbocycles. The molecule has 0 N–H and O–H groups in total. The summed E-state index contributed by atoms with van der Waals surface area (Å²) in [6.45, 7) is 2.44. The number of aromatic nitrogens is 1. The van der Waals surface area contributed by atoms with E-state index in [2.05, 4.69) is 119 Å². The third-order valence-corrected chi connectivity index (χ3v) is 10.8. The van der Waals surface area contributed by atoms with Crippen LogP contribution < -0.4 is 15.9 Å². The zero-order chi connectivity index (χ0) is 22.4. The Bertz CT molecular complexity index is 1160. The average Bonchev–Trinajstić information content (AvgIpc) is 2.85. The zero-order valence-corrected chi connectivity index (χ0v) is 21.1. The fraction of sp³-hybridized carbons (Fsp3) is 0.0357. The first-order valence-corrected chi connectivity index (χ1v) is 14.1. The standard InChI is InChI=1S/C19H19P.C9H5BrClN/c1-20(17-11-5-2-6-12-17,18-13-7-3-8-14-18)19-15-9-4-10-16-19;10-9-4-2-6-1-3-7(11)5-8(6)12-9/h2-16,20H,1H3;1-5H. The summed E-state index contributed by atoms with van der Waals surface area (Å²) in [6, 6.07) is 42.3. The van der Waals surface area contributed by atoms with Gasteiger partial charge >= 0.3 is 121 Å². The van der Waals surface area contributed by atoms with Gasteiger partial charge in [0.25, 0.3) is 0 Å². The first-order valence-electron chi connectivity index (χ1n) is 10.5. The van der Waals surface area contributed by atoms with Crippen LogP contribution in [0, 0.1) is 0 Å². The van der Waals surface area contributed by atoms with Crippen molar-refractivity contribution in [2.24, 2.45) is 0 Å². The van der Waals surface area contributed by atoms with Crippen LogP contribution in [-0.4, -0.2) is 11.6 Å². The number of fused-ring (bicyclic) bond motifs is 1. The van der Waals surface area contributed by atoms with Gasteiger partial charge in [0.05, 0.1) is 5.52 Å². The second-order valence-corrected chi connectivity index (χ2v) is 12.9. The molecule has 160 valence electrons. The first-order chi connectivity index (χ1) is 15.6. The van der Waals surface area contributed by atoms with Crippen molar-refractivity contribution < 1.29 is 0 Å². The fourth-order valence-electron chi connectivity index (χ4n) is 3.88. The molecule has 0 atom stereocenters. The average molecular weight is 521 g/mol. The van der Waals surface area contributed by atoms with E-state index in [1.807, 2.05) is 30.3 Å². The quantitative estimate of drug-likeness (QED) is 0.184. The van der Waals surface area contributed by atoms with E-state index < -0.39 is 7.26 Å². The van der Waals surface area contributed by atoms with Crippen molar-refractivity contribution >= 4 is 61.6 Å². The minimum Gasteiger partial charge on any atom is -0.241 e. The van der Waals surface area contributed by atoms with E-state index in [-0.39, 0.29) is 0 Å². The molecule has 1 nitrogen and oxygen atoms in total. The van der Waals surface area contributed by atoms with Crippen LogP contribution in [0.1, 0.15) is 0 Å². The van der Waals surface area contributed by atoms with Crippen molar-refractivity contribution in [3.05, 3.63) is 131 Å². The van der Waals surface area contributed by atoms with Gasteiger partial charge in [-0.25, -0.2) is 4.98 Å². The van der Waals surface area contributed by atoms with Gasteiger partial charge in [-0.15, -0.1) is 0 Å². The monoisotopic (exact) mass is 519 g/mol. The molecule has 32 heavy (non-hydrogen) atoms. The Morgan fingerprint density at radius 3 is 1.53 bits per heavy atom. The molecule has 0 bridgehead atoms.